The first kappa shape index (κ1) is 10.9. The van der Waals surface area contributed by atoms with Crippen LogP contribution in [0.2, 0.25) is 0 Å². The molecule has 0 radical (unpaired) electrons. The van der Waals surface area contributed by atoms with Crippen LogP contribution in [0.4, 0.5) is 0 Å². The van der Waals surface area contributed by atoms with Crippen molar-refractivity contribution in [2.45, 2.75) is 19.4 Å². The van der Waals surface area contributed by atoms with Crippen LogP contribution in [0.25, 0.3) is 5.70 Å². The van der Waals surface area contributed by atoms with Crippen LogP contribution in [-0.2, 0) is 0 Å². The van der Waals surface area contributed by atoms with Crippen LogP contribution in [0.1, 0.15) is 29.3 Å². The number of hydrogen-bond acceptors (Lipinski definition) is 2. The zero-order valence-electron chi connectivity index (χ0n) is 9.31. The predicted molar refractivity (Wildman–Crippen MR) is 62.8 cm³/mol. The summed E-state index contributed by atoms with van der Waals surface area (Å²) in [6, 6.07) is 7.24. The van der Waals surface area contributed by atoms with E-state index >= 15 is 0 Å². The zero-order chi connectivity index (χ0) is 11.7. The van der Waals surface area contributed by atoms with Crippen molar-refractivity contribution in [3.63, 3.8) is 0 Å². The summed E-state index contributed by atoms with van der Waals surface area (Å²) >= 11 is 0. The van der Waals surface area contributed by atoms with Gasteiger partial charge in [0.15, 0.2) is 0 Å². The van der Waals surface area contributed by atoms with Gasteiger partial charge in [-0.15, -0.1) is 0 Å². The maximum absolute atomic E-state index is 12.1. The molecule has 1 N–H and O–H groups in total. The molecular formula is C13H15NO2. The quantitative estimate of drug-likeness (QED) is 0.839. The number of hydrogen-bond donors (Lipinski definition) is 1. The van der Waals surface area contributed by atoms with Crippen molar-refractivity contribution in [3.05, 3.63) is 42.0 Å². The summed E-state index contributed by atoms with van der Waals surface area (Å²) in [5.74, 6) is -0.0542. The van der Waals surface area contributed by atoms with Crippen LogP contribution in [-0.4, -0.2) is 28.6 Å². The van der Waals surface area contributed by atoms with Crippen molar-refractivity contribution >= 4 is 11.6 Å². The minimum atomic E-state index is -0.174. The minimum Gasteiger partial charge on any atom is -0.394 e. The third kappa shape index (κ3) is 1.44. The normalized spacial score (nSPS) is 16.5. The second kappa shape index (κ2) is 4.10. The van der Waals surface area contributed by atoms with Gasteiger partial charge in [0.25, 0.3) is 5.91 Å². The number of benzene rings is 1. The highest BCUT2D eigenvalue weighted by Crippen LogP contribution is 2.33. The summed E-state index contributed by atoms with van der Waals surface area (Å²) in [5, 5.41) is 9.27. The van der Waals surface area contributed by atoms with E-state index in [-0.39, 0.29) is 18.6 Å². The predicted octanol–water partition coefficient (Wildman–Crippen LogP) is 1.88. The van der Waals surface area contributed by atoms with Gasteiger partial charge in [0, 0.05) is 16.8 Å². The minimum absolute atomic E-state index is 0.0325. The van der Waals surface area contributed by atoms with Crippen molar-refractivity contribution in [2.24, 2.45) is 0 Å². The summed E-state index contributed by atoms with van der Waals surface area (Å²) in [6.45, 7) is 5.85. The van der Waals surface area contributed by atoms with E-state index in [0.717, 1.165) is 12.0 Å². The lowest BCUT2D eigenvalue weighted by Gasteiger charge is -2.25. The van der Waals surface area contributed by atoms with Crippen LogP contribution in [0.3, 0.4) is 0 Å². The van der Waals surface area contributed by atoms with Crippen molar-refractivity contribution in [1.29, 1.82) is 0 Å². The molecule has 0 saturated carbocycles. The van der Waals surface area contributed by atoms with Gasteiger partial charge in [-0.05, 0) is 12.5 Å². The fourth-order valence-corrected chi connectivity index (χ4v) is 2.08. The van der Waals surface area contributed by atoms with Gasteiger partial charge in [-0.2, -0.15) is 0 Å². The second-order valence-electron chi connectivity index (χ2n) is 3.91. The Morgan fingerprint density at radius 3 is 2.50 bits per heavy atom. The summed E-state index contributed by atoms with van der Waals surface area (Å²) in [4.78, 5) is 13.7. The molecule has 0 bridgehead atoms. The van der Waals surface area contributed by atoms with E-state index in [4.69, 9.17) is 0 Å². The van der Waals surface area contributed by atoms with E-state index in [0.29, 0.717) is 11.3 Å². The summed E-state index contributed by atoms with van der Waals surface area (Å²) in [6.07, 6.45) is 0.718. The maximum Gasteiger partial charge on any atom is 0.259 e. The van der Waals surface area contributed by atoms with Gasteiger partial charge in [-0.1, -0.05) is 31.7 Å². The zero-order valence-corrected chi connectivity index (χ0v) is 9.31. The van der Waals surface area contributed by atoms with Crippen molar-refractivity contribution in [3.8, 4) is 0 Å². The molecule has 1 aliphatic heterocycles. The number of aliphatic hydroxyl groups is 1. The van der Waals surface area contributed by atoms with E-state index in [1.807, 2.05) is 25.1 Å². The Kier molecular flexibility index (Phi) is 2.79. The molecule has 1 amide bonds. The highest BCUT2D eigenvalue weighted by atomic mass is 16.3. The number of rotatable bonds is 3. The Hall–Kier alpha value is -1.61. The van der Waals surface area contributed by atoms with Crippen molar-refractivity contribution in [2.75, 3.05) is 6.61 Å². The monoisotopic (exact) mass is 217 g/mol. The van der Waals surface area contributed by atoms with Crippen LogP contribution in [0.15, 0.2) is 30.8 Å². The molecule has 3 heteroatoms. The Morgan fingerprint density at radius 1 is 1.38 bits per heavy atom. The standard InChI is InChI=1S/C13H15NO2/c1-3-10(8-15)14-9(2)11-6-4-5-7-12(11)13(14)16/h4-7,10,15H,2-3,8H2,1H3. The number of fused-ring (bicyclic) bond motifs is 1. The number of carbonyl (C=O) groups excluding carboxylic acids is 1. The molecule has 0 fully saturated rings. The van der Waals surface area contributed by atoms with Crippen molar-refractivity contribution in [1.82, 2.24) is 4.90 Å². The first-order valence-corrected chi connectivity index (χ1v) is 5.43. The van der Waals surface area contributed by atoms with Crippen molar-refractivity contribution < 1.29 is 9.90 Å². The molecule has 1 aromatic carbocycles. The second-order valence-corrected chi connectivity index (χ2v) is 3.91. The SMILES string of the molecule is C=C1c2ccccc2C(=O)N1C(CC)CO. The molecule has 0 aromatic heterocycles. The van der Waals surface area contributed by atoms with E-state index in [2.05, 4.69) is 6.58 Å². The van der Waals surface area contributed by atoms with Gasteiger partial charge in [-0.25, -0.2) is 0 Å². The molecule has 16 heavy (non-hydrogen) atoms. The third-order valence-electron chi connectivity index (χ3n) is 3.03. The molecule has 3 nitrogen and oxygen atoms in total. The smallest absolute Gasteiger partial charge is 0.259 e. The Labute approximate surface area is 95.0 Å². The van der Waals surface area contributed by atoms with Gasteiger partial charge in [0.05, 0.1) is 12.6 Å². The largest absolute Gasteiger partial charge is 0.394 e. The van der Waals surface area contributed by atoms with Gasteiger partial charge in [0.1, 0.15) is 0 Å². The van der Waals surface area contributed by atoms with Gasteiger partial charge in [-0.3, -0.25) is 4.79 Å². The third-order valence-corrected chi connectivity index (χ3v) is 3.03. The number of carbonyl (C=O) groups is 1. The highest BCUT2D eigenvalue weighted by Gasteiger charge is 2.34. The average molecular weight is 217 g/mol. The number of nitrogens with zero attached hydrogens (tertiary/aromatic N) is 1. The van der Waals surface area contributed by atoms with E-state index in [1.54, 1.807) is 11.0 Å². The molecule has 1 heterocycles. The summed E-state index contributed by atoms with van der Waals surface area (Å²) < 4.78 is 0. The Balaban J connectivity index is 2.42. The maximum atomic E-state index is 12.1. The number of aliphatic hydroxyl groups excluding tert-OH is 1. The average Bonchev–Trinajstić information content (AvgIpc) is 2.57. The van der Waals surface area contributed by atoms with E-state index in [9.17, 15) is 9.90 Å². The molecule has 1 atom stereocenters. The first-order chi connectivity index (χ1) is 7.70. The Bertz CT molecular complexity index is 400. The van der Waals surface area contributed by atoms with Crippen LogP contribution in [0.5, 0.6) is 0 Å². The summed E-state index contributed by atoms with van der Waals surface area (Å²) in [5.41, 5.74) is 2.25. The van der Waals surface area contributed by atoms with Gasteiger partial charge in [0.2, 0.25) is 0 Å². The molecule has 0 aliphatic carbocycles. The molecule has 1 aliphatic rings. The molecule has 1 unspecified atom stereocenters. The highest BCUT2D eigenvalue weighted by molar-refractivity contribution is 6.09. The molecular weight excluding hydrogens is 202 g/mol. The molecule has 2 rings (SSSR count). The number of amides is 1. The topological polar surface area (TPSA) is 40.5 Å². The lowest BCUT2D eigenvalue weighted by Crippen LogP contribution is -2.36. The molecule has 0 saturated heterocycles. The van der Waals surface area contributed by atoms with Crippen LogP contribution in [0, 0.1) is 0 Å². The lowest BCUT2D eigenvalue weighted by atomic mass is 10.1. The molecule has 1 aromatic rings. The fourth-order valence-electron chi connectivity index (χ4n) is 2.08. The lowest BCUT2D eigenvalue weighted by molar-refractivity contribution is 0.0745. The Morgan fingerprint density at radius 2 is 2.00 bits per heavy atom. The van der Waals surface area contributed by atoms with E-state index < -0.39 is 0 Å². The van der Waals surface area contributed by atoms with Crippen LogP contribution >= 0.6 is 0 Å². The molecule has 0 spiro atoms. The van der Waals surface area contributed by atoms with Gasteiger partial charge < -0.3 is 10.0 Å². The van der Waals surface area contributed by atoms with Gasteiger partial charge >= 0.3 is 0 Å². The molecule has 84 valence electrons. The summed E-state index contributed by atoms with van der Waals surface area (Å²) in [7, 11) is 0. The first-order valence-electron chi connectivity index (χ1n) is 5.43. The fraction of sp³-hybridized carbons (Fsp3) is 0.308. The van der Waals surface area contributed by atoms with Crippen LogP contribution < -0.4 is 0 Å². The van der Waals surface area contributed by atoms with E-state index in [1.165, 1.54) is 0 Å².